The first kappa shape index (κ1) is 18.0. The van der Waals surface area contributed by atoms with E-state index in [1.165, 1.54) is 4.90 Å². The van der Waals surface area contributed by atoms with Gasteiger partial charge in [0.25, 0.3) is 5.91 Å². The summed E-state index contributed by atoms with van der Waals surface area (Å²) in [6, 6.07) is 8.87. The minimum absolute atomic E-state index is 0.0375. The zero-order chi connectivity index (χ0) is 17.7. The molecule has 24 heavy (non-hydrogen) atoms. The van der Waals surface area contributed by atoms with Crippen LogP contribution in [0.1, 0.15) is 24.3 Å². The molecule has 6 nitrogen and oxygen atoms in total. The number of aromatic nitrogens is 2. The Kier molecular flexibility index (Phi) is 5.98. The van der Waals surface area contributed by atoms with Crippen LogP contribution in [0.3, 0.4) is 0 Å². The zero-order valence-electron chi connectivity index (χ0n) is 14.0. The molecule has 2 amide bonds. The van der Waals surface area contributed by atoms with Crippen molar-refractivity contribution >= 4 is 23.4 Å². The number of rotatable bonds is 6. The molecule has 1 aromatic carbocycles. The maximum atomic E-state index is 12.4. The smallest absolute Gasteiger partial charge is 0.272 e. The predicted molar refractivity (Wildman–Crippen MR) is 93.9 cm³/mol. The van der Waals surface area contributed by atoms with E-state index < -0.39 is 0 Å². The number of H-pyrrole nitrogens is 1. The first-order valence-corrected chi connectivity index (χ1v) is 8.18. The maximum absolute atomic E-state index is 12.4. The molecule has 0 unspecified atom stereocenters. The van der Waals surface area contributed by atoms with Gasteiger partial charge >= 0.3 is 0 Å². The van der Waals surface area contributed by atoms with Gasteiger partial charge in [0, 0.05) is 30.7 Å². The summed E-state index contributed by atoms with van der Waals surface area (Å²) in [5, 5.41) is 7.53. The molecular formula is C17H21ClN4O2. The first-order valence-electron chi connectivity index (χ1n) is 7.80. The number of nitrogens with one attached hydrogen (secondary N) is 1. The molecule has 0 fully saturated rings. The second kappa shape index (κ2) is 7.97. The van der Waals surface area contributed by atoms with E-state index in [2.05, 4.69) is 10.2 Å². The van der Waals surface area contributed by atoms with Crippen molar-refractivity contribution in [3.63, 3.8) is 0 Å². The lowest BCUT2D eigenvalue weighted by atomic mass is 10.1. The molecule has 2 aromatic rings. The fraction of sp³-hybridized carbons (Fsp3) is 0.353. The van der Waals surface area contributed by atoms with Crippen LogP contribution in [0, 0.1) is 0 Å². The van der Waals surface area contributed by atoms with Gasteiger partial charge in [-0.3, -0.25) is 14.7 Å². The summed E-state index contributed by atoms with van der Waals surface area (Å²) in [6.07, 6.45) is 0. The first-order chi connectivity index (χ1) is 11.5. The topological polar surface area (TPSA) is 69.3 Å². The van der Waals surface area contributed by atoms with Gasteiger partial charge in [0.15, 0.2) is 0 Å². The predicted octanol–water partition coefficient (Wildman–Crippen LogP) is 2.67. The number of hydrogen-bond acceptors (Lipinski definition) is 3. The molecule has 7 heteroatoms. The van der Waals surface area contributed by atoms with Crippen molar-refractivity contribution < 1.29 is 9.59 Å². The van der Waals surface area contributed by atoms with Gasteiger partial charge in [0.2, 0.25) is 5.91 Å². The van der Waals surface area contributed by atoms with E-state index in [4.69, 9.17) is 11.6 Å². The second-order valence-corrected chi connectivity index (χ2v) is 5.84. The molecule has 0 saturated carbocycles. The minimum Gasteiger partial charge on any atom is -0.342 e. The number of likely N-dealkylation sites (N-methyl/N-ethyl adjacent to an activating group) is 2. The fourth-order valence-electron chi connectivity index (χ4n) is 2.36. The molecular weight excluding hydrogens is 328 g/mol. The Morgan fingerprint density at radius 1 is 1.17 bits per heavy atom. The summed E-state index contributed by atoms with van der Waals surface area (Å²) in [4.78, 5) is 27.6. The van der Waals surface area contributed by atoms with Gasteiger partial charge in [-0.2, -0.15) is 5.10 Å². The third kappa shape index (κ3) is 4.14. The molecule has 0 radical (unpaired) electrons. The number of carbonyl (C=O) groups is 2. The number of halogens is 1. The van der Waals surface area contributed by atoms with Crippen LogP contribution in [-0.2, 0) is 4.79 Å². The van der Waals surface area contributed by atoms with Crippen molar-refractivity contribution in [1.82, 2.24) is 20.0 Å². The molecule has 0 bridgehead atoms. The molecule has 1 heterocycles. The van der Waals surface area contributed by atoms with Crippen LogP contribution < -0.4 is 0 Å². The number of hydrogen-bond donors (Lipinski definition) is 1. The normalized spacial score (nSPS) is 10.5. The van der Waals surface area contributed by atoms with Gasteiger partial charge in [-0.1, -0.05) is 23.7 Å². The molecule has 128 valence electrons. The molecule has 0 spiro atoms. The highest BCUT2D eigenvalue weighted by Crippen LogP contribution is 2.20. The van der Waals surface area contributed by atoms with E-state index in [9.17, 15) is 9.59 Å². The van der Waals surface area contributed by atoms with E-state index >= 15 is 0 Å². The summed E-state index contributed by atoms with van der Waals surface area (Å²) in [6.45, 7) is 5.12. The van der Waals surface area contributed by atoms with Gasteiger partial charge < -0.3 is 9.80 Å². The number of aromatic amines is 1. The molecule has 0 aliphatic carbocycles. The summed E-state index contributed by atoms with van der Waals surface area (Å²) >= 11 is 5.87. The molecule has 0 aliphatic heterocycles. The number of nitrogens with zero attached hydrogens (tertiary/aromatic N) is 3. The van der Waals surface area contributed by atoms with Crippen LogP contribution >= 0.6 is 11.6 Å². The van der Waals surface area contributed by atoms with Crippen LogP contribution in [0.15, 0.2) is 30.3 Å². The molecule has 0 aliphatic rings. The Morgan fingerprint density at radius 2 is 1.79 bits per heavy atom. The Bertz CT molecular complexity index is 708. The average Bonchev–Trinajstić information content (AvgIpc) is 3.05. The third-order valence-electron chi connectivity index (χ3n) is 3.78. The van der Waals surface area contributed by atoms with Crippen molar-refractivity contribution in [2.45, 2.75) is 13.8 Å². The number of benzene rings is 1. The van der Waals surface area contributed by atoms with Crippen molar-refractivity contribution in [2.24, 2.45) is 0 Å². The van der Waals surface area contributed by atoms with Gasteiger partial charge in [-0.05, 0) is 32.0 Å². The standard InChI is InChI=1S/C17H21ClN4O2/c1-4-22(5-2)16(23)11-21(3)17(24)15-10-14(19-20-15)12-6-8-13(18)9-7-12/h6-10H,4-5,11H2,1-3H3,(H,19,20). The monoisotopic (exact) mass is 348 g/mol. The largest absolute Gasteiger partial charge is 0.342 e. The summed E-state index contributed by atoms with van der Waals surface area (Å²) in [5.41, 5.74) is 1.85. The van der Waals surface area contributed by atoms with E-state index in [0.29, 0.717) is 29.5 Å². The van der Waals surface area contributed by atoms with Gasteiger partial charge in [0.05, 0.1) is 12.2 Å². The van der Waals surface area contributed by atoms with Crippen LogP contribution in [-0.4, -0.2) is 58.5 Å². The fourth-order valence-corrected chi connectivity index (χ4v) is 2.48. The lowest BCUT2D eigenvalue weighted by molar-refractivity contribution is -0.131. The second-order valence-electron chi connectivity index (χ2n) is 5.40. The Balaban J connectivity index is 2.07. The maximum Gasteiger partial charge on any atom is 0.272 e. The van der Waals surface area contributed by atoms with E-state index in [-0.39, 0.29) is 18.4 Å². The highest BCUT2D eigenvalue weighted by atomic mass is 35.5. The molecule has 0 saturated heterocycles. The van der Waals surface area contributed by atoms with Gasteiger partial charge in [-0.15, -0.1) is 0 Å². The Morgan fingerprint density at radius 3 is 2.38 bits per heavy atom. The SMILES string of the molecule is CCN(CC)C(=O)CN(C)C(=O)c1cc(-c2ccc(Cl)cc2)n[nH]1. The molecule has 2 rings (SSSR count). The zero-order valence-corrected chi connectivity index (χ0v) is 14.8. The summed E-state index contributed by atoms with van der Waals surface area (Å²) < 4.78 is 0. The van der Waals surface area contributed by atoms with Crippen LogP contribution in [0.4, 0.5) is 0 Å². The van der Waals surface area contributed by atoms with Crippen LogP contribution in [0.25, 0.3) is 11.3 Å². The lowest BCUT2D eigenvalue weighted by Crippen LogP contribution is -2.41. The van der Waals surface area contributed by atoms with E-state index in [1.54, 1.807) is 30.1 Å². The highest BCUT2D eigenvalue weighted by molar-refractivity contribution is 6.30. The Labute approximate surface area is 146 Å². The number of carbonyl (C=O) groups excluding carboxylic acids is 2. The van der Waals surface area contributed by atoms with Gasteiger partial charge in [-0.25, -0.2) is 0 Å². The van der Waals surface area contributed by atoms with E-state index in [0.717, 1.165) is 5.56 Å². The highest BCUT2D eigenvalue weighted by Gasteiger charge is 2.19. The number of amides is 2. The van der Waals surface area contributed by atoms with Crippen molar-refractivity contribution in [2.75, 3.05) is 26.7 Å². The van der Waals surface area contributed by atoms with Crippen molar-refractivity contribution in [3.8, 4) is 11.3 Å². The molecule has 1 N–H and O–H groups in total. The van der Waals surface area contributed by atoms with Crippen LogP contribution in [0.5, 0.6) is 0 Å². The quantitative estimate of drug-likeness (QED) is 0.872. The van der Waals surface area contributed by atoms with E-state index in [1.807, 2.05) is 26.0 Å². The van der Waals surface area contributed by atoms with Crippen molar-refractivity contribution in [3.05, 3.63) is 41.0 Å². The molecule has 1 aromatic heterocycles. The van der Waals surface area contributed by atoms with Crippen LogP contribution in [0.2, 0.25) is 5.02 Å². The Hall–Kier alpha value is -2.34. The lowest BCUT2D eigenvalue weighted by Gasteiger charge is -2.22. The minimum atomic E-state index is -0.275. The summed E-state index contributed by atoms with van der Waals surface area (Å²) in [7, 11) is 1.60. The summed E-state index contributed by atoms with van der Waals surface area (Å²) in [5.74, 6) is -0.350. The average molecular weight is 349 g/mol. The van der Waals surface area contributed by atoms with Gasteiger partial charge in [0.1, 0.15) is 5.69 Å². The van der Waals surface area contributed by atoms with Crippen molar-refractivity contribution in [1.29, 1.82) is 0 Å². The molecule has 0 atom stereocenters. The third-order valence-corrected chi connectivity index (χ3v) is 4.04.